The minimum absolute atomic E-state index is 0.00471. The average molecular weight is 886 g/mol. The maximum atomic E-state index is 12.6. The van der Waals surface area contributed by atoms with Crippen molar-refractivity contribution in [2.45, 2.75) is 110 Å². The van der Waals surface area contributed by atoms with Gasteiger partial charge in [0.15, 0.2) is 11.0 Å². The van der Waals surface area contributed by atoms with Crippen molar-refractivity contribution >= 4 is 70.0 Å². The second-order valence-corrected chi connectivity index (χ2v) is 20.0. The summed E-state index contributed by atoms with van der Waals surface area (Å²) in [4.78, 5) is 55.9. The van der Waals surface area contributed by atoms with Gasteiger partial charge in [0.25, 0.3) is 11.8 Å². The van der Waals surface area contributed by atoms with E-state index in [1.165, 1.54) is 17.3 Å². The Morgan fingerprint density at radius 2 is 1.62 bits per heavy atom. The van der Waals surface area contributed by atoms with E-state index in [0.717, 1.165) is 102 Å². The predicted molar refractivity (Wildman–Crippen MR) is 259 cm³/mol. The number of carbonyl (C=O) groups is 3. The van der Waals surface area contributed by atoms with Gasteiger partial charge in [-0.2, -0.15) is 5.10 Å². The fourth-order valence-corrected chi connectivity index (χ4v) is 8.50. The van der Waals surface area contributed by atoms with Gasteiger partial charge in [-0.25, -0.2) is 9.97 Å². The van der Waals surface area contributed by atoms with Gasteiger partial charge < -0.3 is 31.2 Å². The highest BCUT2D eigenvalue weighted by molar-refractivity contribution is 7.99. The first-order valence-electron chi connectivity index (χ1n) is 22.3. The Morgan fingerprint density at radius 3 is 2.25 bits per heavy atom. The van der Waals surface area contributed by atoms with E-state index in [2.05, 4.69) is 99.9 Å². The molecule has 0 spiro atoms. The lowest BCUT2D eigenvalue weighted by atomic mass is 9.85. The van der Waals surface area contributed by atoms with Crippen LogP contribution in [0.25, 0.3) is 11.6 Å². The molecule has 5 heterocycles. The number of hydrogen-bond acceptors (Lipinski definition) is 10. The van der Waals surface area contributed by atoms with Gasteiger partial charge in [0.05, 0.1) is 11.1 Å². The van der Waals surface area contributed by atoms with Crippen molar-refractivity contribution in [2.75, 3.05) is 53.6 Å². The van der Waals surface area contributed by atoms with E-state index in [4.69, 9.17) is 9.97 Å². The molecule has 64 heavy (non-hydrogen) atoms. The maximum Gasteiger partial charge on any atom is 0.256 e. The zero-order valence-electron chi connectivity index (χ0n) is 38.9. The van der Waals surface area contributed by atoms with Crippen LogP contribution in [0.4, 0.5) is 28.8 Å². The fourth-order valence-electron chi connectivity index (χ4n) is 7.73. The molecule has 3 aromatic heterocycles. The number of aromatic nitrogens is 5. The van der Waals surface area contributed by atoms with Gasteiger partial charge in [-0.1, -0.05) is 33.8 Å². The molecule has 1 saturated heterocycles. The van der Waals surface area contributed by atoms with Gasteiger partial charge in [0, 0.05) is 95.2 Å². The summed E-state index contributed by atoms with van der Waals surface area (Å²) in [6.45, 7) is 25.5. The SMILES string of the molecule is CCCNC(=O)c1c(C)[nH]c(/C=C2\C(=O)Nc3ccc(C(C)(C)C)cc32)c1C.Cc1cc(Nc2cc(N3CCN(C(C)(C)C)CC3)nc(Sc3ccc(NC(=O)C4CC4)cc3)n2)n[nH]1. The molecule has 0 unspecified atom stereocenters. The van der Waals surface area contributed by atoms with Gasteiger partial charge in [-0.3, -0.25) is 24.4 Å². The third-order valence-corrected chi connectivity index (χ3v) is 12.6. The number of carbonyl (C=O) groups excluding carboxylic acids is 3. The maximum absolute atomic E-state index is 12.6. The number of fused-ring (bicyclic) bond motifs is 1. The molecule has 5 aromatic rings. The molecule has 8 rings (SSSR count). The molecule has 1 aliphatic carbocycles. The first kappa shape index (κ1) is 46.1. The molecule has 0 radical (unpaired) electrons. The predicted octanol–water partition coefficient (Wildman–Crippen LogP) is 9.23. The third-order valence-electron chi connectivity index (χ3n) is 11.7. The largest absolute Gasteiger partial charge is 0.358 e. The quantitative estimate of drug-likeness (QED) is 0.0554. The van der Waals surface area contributed by atoms with Gasteiger partial charge in [-0.15, -0.1) is 0 Å². The third kappa shape index (κ3) is 11.2. The number of anilines is 5. The van der Waals surface area contributed by atoms with Crippen LogP contribution < -0.4 is 26.2 Å². The molecule has 338 valence electrons. The van der Waals surface area contributed by atoms with Crippen LogP contribution in [0.5, 0.6) is 0 Å². The van der Waals surface area contributed by atoms with E-state index >= 15 is 0 Å². The monoisotopic (exact) mass is 885 g/mol. The van der Waals surface area contributed by atoms with E-state index < -0.39 is 0 Å². The van der Waals surface area contributed by atoms with E-state index in [1.54, 1.807) is 0 Å². The van der Waals surface area contributed by atoms with Gasteiger partial charge in [0.2, 0.25) is 5.91 Å². The summed E-state index contributed by atoms with van der Waals surface area (Å²) < 4.78 is 0. The van der Waals surface area contributed by atoms with Gasteiger partial charge in [0.1, 0.15) is 11.6 Å². The highest BCUT2D eigenvalue weighted by Gasteiger charge is 2.31. The molecule has 0 bridgehead atoms. The number of piperazine rings is 1. The Kier molecular flexibility index (Phi) is 13.7. The van der Waals surface area contributed by atoms with Crippen molar-refractivity contribution in [1.29, 1.82) is 0 Å². The van der Waals surface area contributed by atoms with Crippen LogP contribution in [0.2, 0.25) is 0 Å². The molecule has 14 nitrogen and oxygen atoms in total. The molecule has 3 amide bonds. The second-order valence-electron chi connectivity index (χ2n) is 18.9. The number of hydrogen-bond donors (Lipinski definition) is 6. The van der Waals surface area contributed by atoms with Gasteiger partial charge >= 0.3 is 0 Å². The van der Waals surface area contributed by atoms with Crippen molar-refractivity contribution in [3.8, 4) is 0 Å². The van der Waals surface area contributed by atoms with Crippen molar-refractivity contribution in [2.24, 2.45) is 5.92 Å². The number of aryl methyl sites for hydroxylation is 2. The average Bonchev–Trinajstić information content (AvgIpc) is 3.87. The number of nitrogens with one attached hydrogen (secondary N) is 6. The van der Waals surface area contributed by atoms with Crippen LogP contribution >= 0.6 is 11.8 Å². The molecule has 2 fully saturated rings. The number of rotatable bonds is 11. The van der Waals surface area contributed by atoms with Crippen LogP contribution in [0.3, 0.4) is 0 Å². The Balaban J connectivity index is 0.000000198. The molecule has 1 saturated carbocycles. The zero-order chi connectivity index (χ0) is 45.9. The Bertz CT molecular complexity index is 2530. The first-order chi connectivity index (χ1) is 30.4. The lowest BCUT2D eigenvalue weighted by molar-refractivity contribution is -0.117. The summed E-state index contributed by atoms with van der Waals surface area (Å²) in [5, 5.41) is 20.1. The van der Waals surface area contributed by atoms with Crippen molar-refractivity contribution in [3.05, 3.63) is 93.9 Å². The Morgan fingerprint density at radius 1 is 0.906 bits per heavy atom. The van der Waals surface area contributed by atoms with Crippen LogP contribution in [0.15, 0.2) is 64.6 Å². The number of H-pyrrole nitrogens is 2. The number of aromatic amines is 2. The molecular weight excluding hydrogens is 823 g/mol. The van der Waals surface area contributed by atoms with E-state index in [1.807, 2.05) is 76.2 Å². The summed E-state index contributed by atoms with van der Waals surface area (Å²) in [7, 11) is 0. The lowest BCUT2D eigenvalue weighted by Crippen LogP contribution is -2.53. The fraction of sp³-hybridized carbons (Fsp3) is 0.429. The number of benzene rings is 2. The topological polar surface area (TPSA) is 176 Å². The van der Waals surface area contributed by atoms with E-state index in [0.29, 0.717) is 28.7 Å². The molecule has 15 heteroatoms. The highest BCUT2D eigenvalue weighted by atomic mass is 32.2. The summed E-state index contributed by atoms with van der Waals surface area (Å²) in [5.41, 5.74) is 8.58. The number of amides is 3. The molecule has 3 aliphatic rings. The zero-order valence-corrected chi connectivity index (χ0v) is 39.7. The Hall–Kier alpha value is -5.93. The van der Waals surface area contributed by atoms with Crippen molar-refractivity contribution in [3.63, 3.8) is 0 Å². The minimum atomic E-state index is -0.121. The molecular formula is C49H63N11O3S. The summed E-state index contributed by atoms with van der Waals surface area (Å²) in [5.74, 6) is 2.44. The molecule has 0 atom stereocenters. The van der Waals surface area contributed by atoms with E-state index in [9.17, 15) is 14.4 Å². The van der Waals surface area contributed by atoms with Crippen molar-refractivity contribution < 1.29 is 14.4 Å². The van der Waals surface area contributed by atoms with Crippen LogP contribution in [-0.4, -0.2) is 86.0 Å². The van der Waals surface area contributed by atoms with E-state index in [-0.39, 0.29) is 34.6 Å². The lowest BCUT2D eigenvalue weighted by Gasteiger charge is -2.42. The van der Waals surface area contributed by atoms with Crippen LogP contribution in [-0.2, 0) is 15.0 Å². The summed E-state index contributed by atoms with van der Waals surface area (Å²) >= 11 is 1.51. The summed E-state index contributed by atoms with van der Waals surface area (Å²) in [6.07, 6.45) is 4.73. The highest BCUT2D eigenvalue weighted by Crippen LogP contribution is 2.38. The summed E-state index contributed by atoms with van der Waals surface area (Å²) in [6, 6.07) is 17.9. The molecule has 2 aliphatic heterocycles. The molecule has 6 N–H and O–H groups in total. The Labute approximate surface area is 381 Å². The standard InChI is InChI=1S/C26H34N8OS.C23H29N3O2/c1-17-15-22(32-31-17)28-21-16-23(33-11-13-34(14-12-33)26(2,3)4)30-25(29-21)36-20-9-7-19(8-10-20)27-24(35)18-5-6-18;1-7-10-24-22(28)20-13(2)19(25-14(20)3)12-17-16-11-15(23(4,5)6)8-9-18(16)26-21(17)27/h7-10,15-16,18H,5-6,11-14H2,1-4H3,(H,27,35)(H2,28,29,30,31,32);8-9,11-12,25H,7,10H2,1-6H3,(H,24,28)(H,26,27)/b;17-12-. The second kappa shape index (κ2) is 19.0. The minimum Gasteiger partial charge on any atom is -0.358 e. The molecule has 2 aromatic carbocycles. The normalized spacial score (nSPS) is 15.9. The smallest absolute Gasteiger partial charge is 0.256 e. The van der Waals surface area contributed by atoms with Crippen LogP contribution in [0, 0.1) is 26.7 Å². The van der Waals surface area contributed by atoms with Crippen molar-refractivity contribution in [1.82, 2.24) is 35.4 Å². The number of nitrogens with zero attached hydrogens (tertiary/aromatic N) is 5. The van der Waals surface area contributed by atoms with Gasteiger partial charge in [-0.05, 0) is 132 Å². The van der Waals surface area contributed by atoms with Crippen LogP contribution in [0.1, 0.15) is 112 Å². The first-order valence-corrected chi connectivity index (χ1v) is 23.1.